The Morgan fingerprint density at radius 2 is 2.10 bits per heavy atom. The fourth-order valence-corrected chi connectivity index (χ4v) is 3.56. The van der Waals surface area contributed by atoms with Crippen molar-refractivity contribution in [1.29, 1.82) is 0 Å². The van der Waals surface area contributed by atoms with E-state index in [-0.39, 0.29) is 17.0 Å². The van der Waals surface area contributed by atoms with Gasteiger partial charge < -0.3 is 10.1 Å². The molecular formula is C14H18ClNO4S. The van der Waals surface area contributed by atoms with E-state index >= 15 is 0 Å². The molecule has 116 valence electrons. The lowest BCUT2D eigenvalue weighted by Crippen LogP contribution is -2.43. The Morgan fingerprint density at radius 3 is 2.67 bits per heavy atom. The summed E-state index contributed by atoms with van der Waals surface area (Å²) in [7, 11) is -3.66. The van der Waals surface area contributed by atoms with Gasteiger partial charge in [0.05, 0.1) is 17.0 Å². The maximum absolute atomic E-state index is 12.1. The van der Waals surface area contributed by atoms with Gasteiger partial charge in [0.1, 0.15) is 5.75 Å². The van der Waals surface area contributed by atoms with Gasteiger partial charge in [-0.1, -0.05) is 11.6 Å². The van der Waals surface area contributed by atoms with Crippen LogP contribution in [0.25, 0.3) is 0 Å². The molecule has 5 nitrogen and oxygen atoms in total. The summed E-state index contributed by atoms with van der Waals surface area (Å²) in [5.74, 6) is -1.10. The molecule has 0 unspecified atom stereocenters. The van der Waals surface area contributed by atoms with Crippen LogP contribution in [-0.4, -0.2) is 38.8 Å². The minimum atomic E-state index is -3.66. The maximum Gasteiger partial charge on any atom is 0.235 e. The van der Waals surface area contributed by atoms with E-state index in [2.05, 4.69) is 5.32 Å². The van der Waals surface area contributed by atoms with Crippen molar-refractivity contribution < 1.29 is 17.9 Å². The Kier molecular flexibility index (Phi) is 5.24. The van der Waals surface area contributed by atoms with Crippen molar-refractivity contribution in [3.05, 3.63) is 29.3 Å². The summed E-state index contributed by atoms with van der Waals surface area (Å²) in [4.78, 5) is 12.0. The van der Waals surface area contributed by atoms with Crippen LogP contribution in [0.1, 0.15) is 19.8 Å². The highest BCUT2D eigenvalue weighted by Gasteiger charge is 2.26. The number of hydrogen-bond acceptors (Lipinski definition) is 4. The summed E-state index contributed by atoms with van der Waals surface area (Å²) in [5.41, 5.74) is 0. The van der Waals surface area contributed by atoms with E-state index in [1.807, 2.05) is 6.92 Å². The first-order valence-electron chi connectivity index (χ1n) is 6.78. The molecule has 2 rings (SSSR count). The molecule has 0 aromatic heterocycles. The first kappa shape index (κ1) is 16.3. The van der Waals surface area contributed by atoms with Gasteiger partial charge in [0.2, 0.25) is 5.91 Å². The second kappa shape index (κ2) is 6.77. The number of halogens is 1. The first-order valence-corrected chi connectivity index (χ1v) is 8.81. The highest BCUT2D eigenvalue weighted by Crippen LogP contribution is 2.17. The van der Waals surface area contributed by atoms with E-state index in [0.717, 1.165) is 12.8 Å². The van der Waals surface area contributed by atoms with Gasteiger partial charge in [-0.2, -0.15) is 0 Å². The van der Waals surface area contributed by atoms with Crippen LogP contribution in [-0.2, 0) is 19.4 Å². The molecule has 21 heavy (non-hydrogen) atoms. The van der Waals surface area contributed by atoms with E-state index in [1.165, 1.54) is 24.3 Å². The van der Waals surface area contributed by atoms with Crippen LogP contribution < -0.4 is 5.32 Å². The molecule has 0 aliphatic carbocycles. The zero-order valence-corrected chi connectivity index (χ0v) is 13.3. The summed E-state index contributed by atoms with van der Waals surface area (Å²) >= 11 is 5.72. The fourth-order valence-electron chi connectivity index (χ4n) is 2.28. The summed E-state index contributed by atoms with van der Waals surface area (Å²) in [5, 5.41) is 3.14. The molecule has 1 fully saturated rings. The van der Waals surface area contributed by atoms with Crippen LogP contribution in [0.3, 0.4) is 0 Å². The van der Waals surface area contributed by atoms with Crippen LogP contribution >= 0.6 is 11.6 Å². The van der Waals surface area contributed by atoms with Gasteiger partial charge in [-0.15, -0.1) is 0 Å². The molecule has 0 radical (unpaired) electrons. The number of ether oxygens (including phenoxy) is 1. The lowest BCUT2D eigenvalue weighted by Gasteiger charge is -2.19. The highest BCUT2D eigenvalue weighted by molar-refractivity contribution is 7.92. The van der Waals surface area contributed by atoms with Crippen molar-refractivity contribution in [2.75, 3.05) is 12.4 Å². The predicted octanol–water partition coefficient (Wildman–Crippen LogP) is 1.80. The van der Waals surface area contributed by atoms with Gasteiger partial charge in [-0.3, -0.25) is 4.79 Å². The average molecular weight is 332 g/mol. The Balaban J connectivity index is 1.96. The molecule has 1 aliphatic heterocycles. The normalized spacial score (nSPS) is 20.2. The van der Waals surface area contributed by atoms with Crippen molar-refractivity contribution in [3.63, 3.8) is 0 Å². The van der Waals surface area contributed by atoms with Crippen LogP contribution in [0.4, 0.5) is 0 Å². The second-order valence-electron chi connectivity index (χ2n) is 5.12. The lowest BCUT2D eigenvalue weighted by atomic mass is 10.1. The Labute approximate surface area is 129 Å². The first-order chi connectivity index (χ1) is 9.88. The van der Waals surface area contributed by atoms with Gasteiger partial charge in [0.15, 0.2) is 9.84 Å². The standard InChI is InChI=1S/C14H18ClNO4S/c1-10(13-3-2-8-20-13)16-14(17)9-21(18,19)12-6-4-11(15)5-7-12/h4-7,10,13H,2-3,8-9H2,1H3,(H,16,17)/t10-,13-/m0/s1. The van der Waals surface area contributed by atoms with Crippen molar-refractivity contribution in [3.8, 4) is 0 Å². The monoisotopic (exact) mass is 331 g/mol. The molecule has 1 saturated heterocycles. The zero-order valence-electron chi connectivity index (χ0n) is 11.7. The maximum atomic E-state index is 12.1. The number of rotatable bonds is 5. The van der Waals surface area contributed by atoms with Gasteiger partial charge in [0, 0.05) is 11.6 Å². The minimum absolute atomic E-state index is 0.0350. The summed E-state index contributed by atoms with van der Waals surface area (Å²) in [6, 6.07) is 5.58. The molecule has 1 heterocycles. The van der Waals surface area contributed by atoms with Gasteiger partial charge in [-0.05, 0) is 44.0 Å². The SMILES string of the molecule is C[C@H](NC(=O)CS(=O)(=O)c1ccc(Cl)cc1)[C@@H]1CCCO1. The van der Waals surface area contributed by atoms with Crippen molar-refractivity contribution in [2.45, 2.75) is 36.8 Å². The van der Waals surface area contributed by atoms with Crippen LogP contribution in [0.2, 0.25) is 5.02 Å². The number of benzene rings is 1. The van der Waals surface area contributed by atoms with Gasteiger partial charge >= 0.3 is 0 Å². The third-order valence-corrected chi connectivity index (χ3v) is 5.29. The van der Waals surface area contributed by atoms with Gasteiger partial charge in [-0.25, -0.2) is 8.42 Å². The van der Waals surface area contributed by atoms with Gasteiger partial charge in [0.25, 0.3) is 0 Å². The predicted molar refractivity (Wildman–Crippen MR) is 80.1 cm³/mol. The van der Waals surface area contributed by atoms with E-state index in [9.17, 15) is 13.2 Å². The molecule has 1 N–H and O–H groups in total. The fraction of sp³-hybridized carbons (Fsp3) is 0.500. The van der Waals surface area contributed by atoms with Crippen LogP contribution in [0, 0.1) is 0 Å². The van der Waals surface area contributed by atoms with E-state index in [0.29, 0.717) is 11.6 Å². The molecule has 1 aliphatic rings. The van der Waals surface area contributed by atoms with Crippen molar-refractivity contribution in [1.82, 2.24) is 5.32 Å². The lowest BCUT2D eigenvalue weighted by molar-refractivity contribution is -0.120. The second-order valence-corrected chi connectivity index (χ2v) is 7.55. The number of carbonyl (C=O) groups excluding carboxylic acids is 1. The molecule has 1 amide bonds. The molecule has 1 aromatic carbocycles. The number of hydrogen-bond donors (Lipinski definition) is 1. The van der Waals surface area contributed by atoms with E-state index in [1.54, 1.807) is 0 Å². The highest BCUT2D eigenvalue weighted by atomic mass is 35.5. The van der Waals surface area contributed by atoms with E-state index < -0.39 is 21.5 Å². The zero-order chi connectivity index (χ0) is 15.5. The molecule has 0 saturated carbocycles. The smallest absolute Gasteiger partial charge is 0.235 e. The quantitative estimate of drug-likeness (QED) is 0.893. The summed E-state index contributed by atoms with van der Waals surface area (Å²) in [6.07, 6.45) is 1.81. The Bertz CT molecular complexity index is 594. The molecule has 0 spiro atoms. The van der Waals surface area contributed by atoms with Crippen LogP contribution in [0.15, 0.2) is 29.2 Å². The molecular weight excluding hydrogens is 314 g/mol. The number of carbonyl (C=O) groups is 1. The third-order valence-electron chi connectivity index (χ3n) is 3.41. The molecule has 1 aromatic rings. The molecule has 7 heteroatoms. The largest absolute Gasteiger partial charge is 0.376 e. The molecule has 2 atom stereocenters. The average Bonchev–Trinajstić information content (AvgIpc) is 2.92. The summed E-state index contributed by atoms with van der Waals surface area (Å²) < 4.78 is 29.7. The topological polar surface area (TPSA) is 72.5 Å². The summed E-state index contributed by atoms with van der Waals surface area (Å²) in [6.45, 7) is 2.51. The van der Waals surface area contributed by atoms with Crippen molar-refractivity contribution in [2.24, 2.45) is 0 Å². The Hall–Kier alpha value is -1.11. The molecule has 0 bridgehead atoms. The number of sulfone groups is 1. The number of nitrogens with one attached hydrogen (secondary N) is 1. The minimum Gasteiger partial charge on any atom is -0.376 e. The van der Waals surface area contributed by atoms with Crippen LogP contribution in [0.5, 0.6) is 0 Å². The third kappa shape index (κ3) is 4.43. The number of amides is 1. The van der Waals surface area contributed by atoms with E-state index in [4.69, 9.17) is 16.3 Å². The van der Waals surface area contributed by atoms with Crippen molar-refractivity contribution >= 4 is 27.3 Å². The Morgan fingerprint density at radius 1 is 1.43 bits per heavy atom.